The fourth-order valence-electron chi connectivity index (χ4n) is 1.38. The molecule has 0 aromatic carbocycles. The Hall–Kier alpha value is -2.08. The molecular formula is C12H13N3O2S. The summed E-state index contributed by atoms with van der Waals surface area (Å²) in [7, 11) is 0. The SMILES string of the molecule is CCOc1ccc(NC(=O)c2sccc2N)cn1. The molecule has 6 heteroatoms. The Labute approximate surface area is 109 Å². The molecule has 2 heterocycles. The summed E-state index contributed by atoms with van der Waals surface area (Å²) >= 11 is 1.31. The summed E-state index contributed by atoms with van der Waals surface area (Å²) in [6, 6.07) is 5.15. The Morgan fingerprint density at radius 2 is 2.33 bits per heavy atom. The molecule has 0 spiro atoms. The number of thiophene rings is 1. The second-order valence-corrected chi connectivity index (χ2v) is 4.39. The molecule has 0 unspecified atom stereocenters. The fourth-order valence-corrected chi connectivity index (χ4v) is 2.09. The van der Waals surface area contributed by atoms with Crippen LogP contribution >= 0.6 is 11.3 Å². The molecule has 5 nitrogen and oxygen atoms in total. The lowest BCUT2D eigenvalue weighted by Gasteiger charge is -2.05. The lowest BCUT2D eigenvalue weighted by Crippen LogP contribution is -2.12. The van der Waals surface area contributed by atoms with Crippen molar-refractivity contribution in [2.24, 2.45) is 0 Å². The normalized spacial score (nSPS) is 10.1. The molecule has 3 N–H and O–H groups in total. The van der Waals surface area contributed by atoms with Crippen molar-refractivity contribution in [3.05, 3.63) is 34.7 Å². The van der Waals surface area contributed by atoms with E-state index in [1.54, 1.807) is 29.8 Å². The van der Waals surface area contributed by atoms with E-state index in [-0.39, 0.29) is 5.91 Å². The maximum absolute atomic E-state index is 11.9. The van der Waals surface area contributed by atoms with Crippen LogP contribution in [0.25, 0.3) is 0 Å². The summed E-state index contributed by atoms with van der Waals surface area (Å²) in [5, 5.41) is 4.51. The number of ether oxygens (including phenoxy) is 1. The summed E-state index contributed by atoms with van der Waals surface area (Å²) in [6.07, 6.45) is 1.55. The van der Waals surface area contributed by atoms with Crippen molar-refractivity contribution < 1.29 is 9.53 Å². The van der Waals surface area contributed by atoms with Gasteiger partial charge in [-0.15, -0.1) is 11.3 Å². The molecule has 0 saturated carbocycles. The Kier molecular flexibility index (Phi) is 3.78. The first-order valence-corrected chi connectivity index (χ1v) is 6.32. The predicted molar refractivity (Wildman–Crippen MR) is 72.1 cm³/mol. The van der Waals surface area contributed by atoms with Crippen molar-refractivity contribution in [1.82, 2.24) is 4.98 Å². The number of nitrogens with one attached hydrogen (secondary N) is 1. The molecule has 0 aliphatic heterocycles. The van der Waals surface area contributed by atoms with Crippen LogP contribution in [-0.2, 0) is 0 Å². The van der Waals surface area contributed by atoms with Crippen LogP contribution in [0.3, 0.4) is 0 Å². The van der Waals surface area contributed by atoms with Crippen molar-refractivity contribution in [3.8, 4) is 5.88 Å². The molecule has 0 radical (unpaired) electrons. The highest BCUT2D eigenvalue weighted by molar-refractivity contribution is 7.12. The highest BCUT2D eigenvalue weighted by Crippen LogP contribution is 2.20. The number of amides is 1. The first-order chi connectivity index (χ1) is 8.70. The van der Waals surface area contributed by atoms with Gasteiger partial charge >= 0.3 is 0 Å². The summed E-state index contributed by atoms with van der Waals surface area (Å²) in [4.78, 5) is 16.4. The van der Waals surface area contributed by atoms with E-state index in [0.717, 1.165) is 0 Å². The van der Waals surface area contributed by atoms with Crippen molar-refractivity contribution in [2.45, 2.75) is 6.92 Å². The molecule has 0 aliphatic carbocycles. The zero-order chi connectivity index (χ0) is 13.0. The van der Waals surface area contributed by atoms with Gasteiger partial charge in [0.1, 0.15) is 4.88 Å². The minimum atomic E-state index is -0.228. The first-order valence-electron chi connectivity index (χ1n) is 5.44. The number of aromatic nitrogens is 1. The van der Waals surface area contributed by atoms with Crippen LogP contribution in [0.4, 0.5) is 11.4 Å². The van der Waals surface area contributed by atoms with Crippen molar-refractivity contribution in [3.63, 3.8) is 0 Å². The number of hydrogen-bond acceptors (Lipinski definition) is 5. The lowest BCUT2D eigenvalue weighted by molar-refractivity contribution is 0.103. The lowest BCUT2D eigenvalue weighted by atomic mass is 10.3. The summed E-state index contributed by atoms with van der Waals surface area (Å²) < 4.78 is 5.22. The molecule has 18 heavy (non-hydrogen) atoms. The first kappa shape index (κ1) is 12.4. The smallest absolute Gasteiger partial charge is 0.267 e. The van der Waals surface area contributed by atoms with Gasteiger partial charge in [-0.05, 0) is 24.4 Å². The van der Waals surface area contributed by atoms with Crippen LogP contribution in [0, 0.1) is 0 Å². The van der Waals surface area contributed by atoms with Gasteiger partial charge in [0.2, 0.25) is 5.88 Å². The van der Waals surface area contributed by atoms with Crippen LogP contribution in [0.15, 0.2) is 29.8 Å². The van der Waals surface area contributed by atoms with E-state index in [1.165, 1.54) is 11.3 Å². The average molecular weight is 263 g/mol. The summed E-state index contributed by atoms with van der Waals surface area (Å²) in [5.74, 6) is 0.305. The van der Waals surface area contributed by atoms with Gasteiger partial charge in [-0.25, -0.2) is 4.98 Å². The molecule has 2 aromatic rings. The molecule has 1 amide bonds. The number of pyridine rings is 1. The maximum atomic E-state index is 11.9. The molecule has 0 atom stereocenters. The van der Waals surface area contributed by atoms with Gasteiger partial charge in [-0.2, -0.15) is 0 Å². The van der Waals surface area contributed by atoms with Crippen LogP contribution < -0.4 is 15.8 Å². The van der Waals surface area contributed by atoms with Crippen molar-refractivity contribution >= 4 is 28.6 Å². The van der Waals surface area contributed by atoms with E-state index >= 15 is 0 Å². The van der Waals surface area contributed by atoms with Crippen LogP contribution in [0.2, 0.25) is 0 Å². The topological polar surface area (TPSA) is 77.2 Å². The number of nitrogens with two attached hydrogens (primary N) is 1. The van der Waals surface area contributed by atoms with E-state index < -0.39 is 0 Å². The highest BCUT2D eigenvalue weighted by atomic mass is 32.1. The van der Waals surface area contributed by atoms with Gasteiger partial charge in [0, 0.05) is 6.07 Å². The monoisotopic (exact) mass is 263 g/mol. The number of carbonyl (C=O) groups is 1. The van der Waals surface area contributed by atoms with Gasteiger partial charge in [-0.3, -0.25) is 4.79 Å². The number of carbonyl (C=O) groups excluding carboxylic acids is 1. The Balaban J connectivity index is 2.05. The Bertz CT molecular complexity index is 537. The third-order valence-corrected chi connectivity index (χ3v) is 3.12. The van der Waals surface area contributed by atoms with Gasteiger partial charge < -0.3 is 15.8 Å². The van der Waals surface area contributed by atoms with E-state index in [2.05, 4.69) is 10.3 Å². The zero-order valence-corrected chi connectivity index (χ0v) is 10.7. The predicted octanol–water partition coefficient (Wildman–Crippen LogP) is 2.38. The van der Waals surface area contributed by atoms with Crippen molar-refractivity contribution in [1.29, 1.82) is 0 Å². The van der Waals surface area contributed by atoms with E-state index in [0.29, 0.717) is 28.7 Å². The van der Waals surface area contributed by atoms with Crippen LogP contribution in [0.1, 0.15) is 16.6 Å². The number of anilines is 2. The number of nitrogen functional groups attached to an aromatic ring is 1. The van der Waals surface area contributed by atoms with E-state index in [9.17, 15) is 4.79 Å². The third kappa shape index (κ3) is 2.78. The van der Waals surface area contributed by atoms with E-state index in [1.807, 2.05) is 6.92 Å². The quantitative estimate of drug-likeness (QED) is 0.887. The molecule has 0 fully saturated rings. The van der Waals surface area contributed by atoms with Crippen LogP contribution in [-0.4, -0.2) is 17.5 Å². The molecule has 0 bridgehead atoms. The number of hydrogen-bond donors (Lipinski definition) is 2. The molecule has 2 rings (SSSR count). The average Bonchev–Trinajstić information content (AvgIpc) is 2.78. The molecule has 0 aliphatic rings. The Morgan fingerprint density at radius 1 is 1.50 bits per heavy atom. The Morgan fingerprint density at radius 3 is 2.89 bits per heavy atom. The van der Waals surface area contributed by atoms with Gasteiger partial charge in [0.15, 0.2) is 0 Å². The second kappa shape index (κ2) is 5.50. The van der Waals surface area contributed by atoms with E-state index in [4.69, 9.17) is 10.5 Å². The molecule has 2 aromatic heterocycles. The molecule has 0 saturated heterocycles. The summed E-state index contributed by atoms with van der Waals surface area (Å²) in [6.45, 7) is 2.45. The van der Waals surface area contributed by atoms with Gasteiger partial charge in [-0.1, -0.05) is 0 Å². The maximum Gasteiger partial charge on any atom is 0.267 e. The summed E-state index contributed by atoms with van der Waals surface area (Å²) in [5.41, 5.74) is 6.76. The standard InChI is InChI=1S/C12H13N3O2S/c1-2-17-10-4-3-8(7-14-10)15-12(16)11-9(13)5-6-18-11/h3-7H,2,13H2,1H3,(H,15,16). The zero-order valence-electron chi connectivity index (χ0n) is 9.84. The van der Waals surface area contributed by atoms with Gasteiger partial charge in [0.25, 0.3) is 5.91 Å². The largest absolute Gasteiger partial charge is 0.478 e. The number of nitrogens with zero attached hydrogens (tertiary/aromatic N) is 1. The minimum Gasteiger partial charge on any atom is -0.478 e. The minimum absolute atomic E-state index is 0.228. The molecular weight excluding hydrogens is 250 g/mol. The number of rotatable bonds is 4. The highest BCUT2D eigenvalue weighted by Gasteiger charge is 2.11. The third-order valence-electron chi connectivity index (χ3n) is 2.19. The molecule has 94 valence electrons. The van der Waals surface area contributed by atoms with Crippen molar-refractivity contribution in [2.75, 3.05) is 17.7 Å². The van der Waals surface area contributed by atoms with Gasteiger partial charge in [0.05, 0.1) is 24.2 Å². The fraction of sp³-hybridized carbons (Fsp3) is 0.167. The second-order valence-electron chi connectivity index (χ2n) is 3.48. The van der Waals surface area contributed by atoms with Crippen LogP contribution in [0.5, 0.6) is 5.88 Å².